The Balaban J connectivity index is 2.08. The van der Waals surface area contributed by atoms with Crippen molar-refractivity contribution in [1.29, 1.82) is 0 Å². The molecular weight excluding hydrogens is 222 g/mol. The van der Waals surface area contributed by atoms with Gasteiger partial charge in [0.2, 0.25) is 5.82 Å². The molecule has 1 saturated heterocycles. The summed E-state index contributed by atoms with van der Waals surface area (Å²) in [6.07, 6.45) is 0.172. The van der Waals surface area contributed by atoms with Gasteiger partial charge in [-0.15, -0.1) is 5.10 Å². The number of aromatic amines is 1. The summed E-state index contributed by atoms with van der Waals surface area (Å²) in [6, 6.07) is -0.217. The first kappa shape index (κ1) is 12.0. The molecule has 2 heterocycles. The molecule has 1 fully saturated rings. The lowest BCUT2D eigenvalue weighted by Gasteiger charge is -2.25. The number of aryl methyl sites for hydroxylation is 1. The summed E-state index contributed by atoms with van der Waals surface area (Å²) in [5, 5.41) is 19.3. The number of β-amino-alcohol motifs (C(OH)–C–C–N with tert-alkyl or cyclic N) is 1. The zero-order valence-electron chi connectivity index (χ0n) is 9.97. The largest absolute Gasteiger partial charge is 0.390 e. The zero-order valence-corrected chi connectivity index (χ0v) is 9.97. The molecular formula is C10H17N5O2. The molecule has 0 spiro atoms. The van der Waals surface area contributed by atoms with Crippen LogP contribution in [-0.2, 0) is 6.42 Å². The number of aliphatic hydroxyl groups excluding tert-OH is 1. The molecule has 94 valence electrons. The van der Waals surface area contributed by atoms with E-state index in [1.807, 2.05) is 6.92 Å². The Morgan fingerprint density at radius 3 is 2.88 bits per heavy atom. The molecule has 0 bridgehead atoms. The van der Waals surface area contributed by atoms with Crippen LogP contribution in [0.3, 0.4) is 0 Å². The minimum atomic E-state index is -0.534. The number of H-pyrrole nitrogens is 1. The average molecular weight is 239 g/mol. The van der Waals surface area contributed by atoms with Crippen LogP contribution >= 0.6 is 0 Å². The fourth-order valence-electron chi connectivity index (χ4n) is 1.90. The molecule has 17 heavy (non-hydrogen) atoms. The molecule has 0 unspecified atom stereocenters. The van der Waals surface area contributed by atoms with Crippen molar-refractivity contribution in [1.82, 2.24) is 25.4 Å². The molecule has 0 saturated carbocycles. The van der Waals surface area contributed by atoms with Gasteiger partial charge in [-0.3, -0.25) is 9.89 Å². The number of rotatable bonds is 3. The lowest BCUT2D eigenvalue weighted by molar-refractivity contribution is 0.0570. The summed E-state index contributed by atoms with van der Waals surface area (Å²) in [6.45, 7) is 3.04. The van der Waals surface area contributed by atoms with Gasteiger partial charge in [-0.1, -0.05) is 6.92 Å². The lowest BCUT2D eigenvalue weighted by Crippen LogP contribution is -2.44. The molecule has 1 amide bonds. The van der Waals surface area contributed by atoms with E-state index in [-0.39, 0.29) is 17.8 Å². The monoisotopic (exact) mass is 239 g/mol. The van der Waals surface area contributed by atoms with Crippen molar-refractivity contribution in [3.63, 3.8) is 0 Å². The van der Waals surface area contributed by atoms with Crippen LogP contribution in [0.1, 0.15) is 23.4 Å². The van der Waals surface area contributed by atoms with Gasteiger partial charge in [-0.25, -0.2) is 4.98 Å². The fraction of sp³-hybridized carbons (Fsp3) is 0.700. The average Bonchev–Trinajstić information content (AvgIpc) is 2.95. The van der Waals surface area contributed by atoms with Crippen molar-refractivity contribution in [2.45, 2.75) is 25.5 Å². The Bertz CT molecular complexity index is 405. The van der Waals surface area contributed by atoms with E-state index in [4.69, 9.17) is 0 Å². The normalized spacial score (nSPS) is 23.9. The summed E-state index contributed by atoms with van der Waals surface area (Å²) >= 11 is 0. The van der Waals surface area contributed by atoms with Crippen LogP contribution in [0.4, 0.5) is 0 Å². The number of likely N-dealkylation sites (N-methyl/N-ethyl adjacent to an activating group) is 1. The van der Waals surface area contributed by atoms with E-state index in [1.54, 1.807) is 7.05 Å². The van der Waals surface area contributed by atoms with Gasteiger partial charge >= 0.3 is 0 Å². The van der Waals surface area contributed by atoms with Crippen LogP contribution in [0.5, 0.6) is 0 Å². The van der Waals surface area contributed by atoms with Gasteiger partial charge in [0.1, 0.15) is 5.82 Å². The molecule has 7 heteroatoms. The second-order valence-electron chi connectivity index (χ2n) is 4.17. The zero-order chi connectivity index (χ0) is 12.4. The first-order valence-corrected chi connectivity index (χ1v) is 5.70. The first-order valence-electron chi connectivity index (χ1n) is 5.70. The number of carbonyl (C=O) groups is 1. The highest BCUT2D eigenvalue weighted by atomic mass is 16.3. The van der Waals surface area contributed by atoms with Crippen LogP contribution in [0.15, 0.2) is 0 Å². The van der Waals surface area contributed by atoms with E-state index in [2.05, 4.69) is 20.5 Å². The smallest absolute Gasteiger partial charge is 0.293 e. The van der Waals surface area contributed by atoms with Gasteiger partial charge in [-0.05, 0) is 0 Å². The minimum Gasteiger partial charge on any atom is -0.390 e. The predicted molar refractivity (Wildman–Crippen MR) is 60.5 cm³/mol. The van der Waals surface area contributed by atoms with E-state index >= 15 is 0 Å². The second-order valence-corrected chi connectivity index (χ2v) is 4.17. The summed E-state index contributed by atoms with van der Waals surface area (Å²) < 4.78 is 0. The number of hydrogen-bond donors (Lipinski definition) is 3. The minimum absolute atomic E-state index is 0.156. The van der Waals surface area contributed by atoms with Gasteiger partial charge in [0.15, 0.2) is 0 Å². The molecule has 1 aromatic rings. The van der Waals surface area contributed by atoms with Crippen LogP contribution < -0.4 is 5.32 Å². The highest BCUT2D eigenvalue weighted by Crippen LogP contribution is 2.10. The quantitative estimate of drug-likeness (QED) is 0.614. The molecule has 0 aromatic carbocycles. The fourth-order valence-corrected chi connectivity index (χ4v) is 1.90. The topological polar surface area (TPSA) is 94.1 Å². The van der Waals surface area contributed by atoms with Crippen LogP contribution in [0.2, 0.25) is 0 Å². The van der Waals surface area contributed by atoms with E-state index in [1.165, 1.54) is 4.90 Å². The van der Waals surface area contributed by atoms with Crippen molar-refractivity contribution in [2.75, 3.05) is 20.1 Å². The number of amides is 1. The Morgan fingerprint density at radius 2 is 2.35 bits per heavy atom. The Labute approximate surface area is 99.2 Å². The molecule has 3 N–H and O–H groups in total. The van der Waals surface area contributed by atoms with Crippen LogP contribution in [0.25, 0.3) is 0 Å². The van der Waals surface area contributed by atoms with Gasteiger partial charge in [0.25, 0.3) is 5.91 Å². The number of carbonyl (C=O) groups excluding carboxylic acids is 1. The number of hydrogen-bond acceptors (Lipinski definition) is 5. The van der Waals surface area contributed by atoms with Crippen molar-refractivity contribution in [2.24, 2.45) is 0 Å². The SMILES string of the molecule is CCc1nc(C(=O)N(C)[C@@H]2CNC[C@H]2O)n[nH]1. The summed E-state index contributed by atoms with van der Waals surface area (Å²) in [5.74, 6) is 0.573. The van der Waals surface area contributed by atoms with E-state index in [0.29, 0.717) is 25.3 Å². The van der Waals surface area contributed by atoms with Crippen molar-refractivity contribution in [3.8, 4) is 0 Å². The van der Waals surface area contributed by atoms with Crippen LogP contribution in [-0.4, -0.2) is 63.4 Å². The molecule has 2 rings (SSSR count). The van der Waals surface area contributed by atoms with E-state index in [0.717, 1.165) is 0 Å². The second kappa shape index (κ2) is 4.80. The Morgan fingerprint density at radius 1 is 1.59 bits per heavy atom. The van der Waals surface area contributed by atoms with Gasteiger partial charge < -0.3 is 15.3 Å². The third kappa shape index (κ3) is 2.29. The van der Waals surface area contributed by atoms with E-state index in [9.17, 15) is 9.90 Å². The predicted octanol–water partition coefficient (Wildman–Crippen LogP) is -1.23. The summed E-state index contributed by atoms with van der Waals surface area (Å²) in [4.78, 5) is 17.6. The molecule has 0 radical (unpaired) electrons. The maximum absolute atomic E-state index is 12.0. The maximum atomic E-state index is 12.0. The molecule has 1 aromatic heterocycles. The molecule has 7 nitrogen and oxygen atoms in total. The van der Waals surface area contributed by atoms with Crippen LogP contribution in [0, 0.1) is 0 Å². The first-order chi connectivity index (χ1) is 8.13. The number of aromatic nitrogens is 3. The van der Waals surface area contributed by atoms with E-state index < -0.39 is 6.10 Å². The van der Waals surface area contributed by atoms with Crippen molar-refractivity contribution < 1.29 is 9.90 Å². The maximum Gasteiger partial charge on any atom is 0.293 e. The molecule has 1 aliphatic heterocycles. The number of aliphatic hydroxyl groups is 1. The van der Waals surface area contributed by atoms with Crippen molar-refractivity contribution in [3.05, 3.63) is 11.6 Å². The molecule has 0 aliphatic carbocycles. The third-order valence-corrected chi connectivity index (χ3v) is 3.03. The lowest BCUT2D eigenvalue weighted by atomic mass is 10.2. The third-order valence-electron chi connectivity index (χ3n) is 3.03. The van der Waals surface area contributed by atoms with Crippen molar-refractivity contribution >= 4 is 5.91 Å². The van der Waals surface area contributed by atoms with Gasteiger partial charge in [-0.2, -0.15) is 0 Å². The highest BCUT2D eigenvalue weighted by Gasteiger charge is 2.32. The summed E-state index contributed by atoms with van der Waals surface area (Å²) in [7, 11) is 1.66. The molecule has 2 atom stereocenters. The van der Waals surface area contributed by atoms with Gasteiger partial charge in [0.05, 0.1) is 12.1 Å². The molecule has 1 aliphatic rings. The standard InChI is InChI=1S/C10H17N5O2/c1-3-8-12-9(14-13-8)10(17)15(2)6-4-11-5-7(6)16/h6-7,11,16H,3-5H2,1-2H3,(H,12,13,14)/t6-,7-/m1/s1. The Kier molecular flexibility index (Phi) is 3.39. The highest BCUT2D eigenvalue weighted by molar-refractivity contribution is 5.90. The number of nitrogens with zero attached hydrogens (tertiary/aromatic N) is 3. The van der Waals surface area contributed by atoms with Gasteiger partial charge in [0, 0.05) is 26.6 Å². The Hall–Kier alpha value is -1.47. The summed E-state index contributed by atoms with van der Waals surface area (Å²) in [5.41, 5.74) is 0. The number of nitrogens with one attached hydrogen (secondary N) is 2.